The molecule has 5 nitrogen and oxygen atoms in total. The molecule has 1 heterocycles. The molecule has 53 heavy (non-hydrogen) atoms. The molecule has 0 radical (unpaired) electrons. The molecule has 7 aromatic rings. The molecule has 0 N–H and O–H groups in total. The van der Waals surface area contributed by atoms with Gasteiger partial charge in [-0.25, -0.2) is 15.0 Å². The number of rotatable bonds is 9. The van der Waals surface area contributed by atoms with Crippen LogP contribution in [-0.4, -0.2) is 54.9 Å². The van der Waals surface area contributed by atoms with Gasteiger partial charge in [0.15, 0.2) is 17.5 Å². The minimum Gasteiger partial charge on any atom is -0.319 e. The van der Waals surface area contributed by atoms with Crippen molar-refractivity contribution in [3.63, 3.8) is 0 Å². The van der Waals surface area contributed by atoms with E-state index in [4.69, 9.17) is 15.0 Å². The van der Waals surface area contributed by atoms with Crippen LogP contribution in [-0.2, 0) is 9.13 Å². The lowest BCUT2D eigenvalue weighted by Gasteiger charge is -2.13. The summed E-state index contributed by atoms with van der Waals surface area (Å²) in [5.41, 5.74) is 8.80. The smallest absolute Gasteiger partial charge is 0.164 e. The zero-order valence-corrected chi connectivity index (χ0v) is 33.5. The van der Waals surface area contributed by atoms with Crippen LogP contribution >= 0.6 is 22.2 Å². The van der Waals surface area contributed by atoms with Crippen molar-refractivity contribution in [2.75, 3.05) is 40.0 Å². The minimum absolute atomic E-state index is 0.230. The highest BCUT2D eigenvalue weighted by atomic mass is 31.2. The Morgan fingerprint density at radius 3 is 1.00 bits per heavy atom. The van der Waals surface area contributed by atoms with Crippen LogP contribution in [0.3, 0.4) is 0 Å². The summed E-state index contributed by atoms with van der Waals surface area (Å²) in [5.74, 6) is 1.69. The largest absolute Gasteiger partial charge is 0.319 e. The summed E-state index contributed by atoms with van der Waals surface area (Å²) in [6.45, 7) is 11.7. The Balaban J connectivity index is 1.37. The van der Waals surface area contributed by atoms with Crippen LogP contribution < -0.4 is 15.9 Å². The molecule has 264 valence electrons. The van der Waals surface area contributed by atoms with Crippen molar-refractivity contribution >= 4 is 38.1 Å². The molecular weight excluding hydrogens is 707 g/mol. The van der Waals surface area contributed by atoms with Crippen LogP contribution in [0.5, 0.6) is 0 Å². The van der Waals surface area contributed by atoms with E-state index in [0.29, 0.717) is 17.5 Å². The van der Waals surface area contributed by atoms with Crippen LogP contribution in [0.2, 0.25) is 0 Å². The van der Waals surface area contributed by atoms with E-state index in [1.165, 1.54) is 5.30 Å². The molecule has 0 amide bonds. The topological polar surface area (TPSA) is 72.8 Å². The first kappa shape index (κ1) is 36.6. The number of aromatic nitrogens is 3. The molecule has 0 atom stereocenters. The Hall–Kier alpha value is -4.78. The van der Waals surface area contributed by atoms with Gasteiger partial charge in [-0.2, -0.15) is 0 Å². The Kier molecular flexibility index (Phi) is 10.3. The summed E-state index contributed by atoms with van der Waals surface area (Å²) in [6.07, 6.45) is 0. The molecule has 0 saturated carbocycles. The fourth-order valence-electron chi connectivity index (χ4n) is 6.28. The van der Waals surface area contributed by atoms with Crippen molar-refractivity contribution in [1.82, 2.24) is 15.0 Å². The Morgan fingerprint density at radius 1 is 0.377 bits per heavy atom. The van der Waals surface area contributed by atoms with Crippen LogP contribution in [0.15, 0.2) is 146 Å². The van der Waals surface area contributed by atoms with Crippen molar-refractivity contribution in [2.45, 2.75) is 0 Å². The lowest BCUT2D eigenvalue weighted by Crippen LogP contribution is -2.03. The number of nitrogens with zero attached hydrogens (tertiary/aromatic N) is 3. The van der Waals surface area contributed by atoms with Gasteiger partial charge in [0.2, 0.25) is 0 Å². The molecule has 0 aliphatic rings. The van der Waals surface area contributed by atoms with Gasteiger partial charge in [0.05, 0.1) is 0 Å². The van der Waals surface area contributed by atoms with Gasteiger partial charge in [-0.1, -0.05) is 117 Å². The first-order valence-corrected chi connectivity index (χ1v) is 24.9. The predicted octanol–water partition coefficient (Wildman–Crippen LogP) is 10.7. The van der Waals surface area contributed by atoms with E-state index in [2.05, 4.69) is 80.1 Å². The Labute approximate surface area is 314 Å². The Bertz CT molecular complexity index is 2440. The molecule has 6 aromatic carbocycles. The fraction of sp³-hybridized carbons (Fsp3) is 0.133. The number of benzene rings is 6. The highest BCUT2D eigenvalue weighted by molar-refractivity contribution is 7.70. The third kappa shape index (κ3) is 8.40. The highest BCUT2D eigenvalue weighted by Crippen LogP contribution is 2.38. The number of hydrogen-bond acceptors (Lipinski definition) is 5. The standard InChI is InChI=1S/C45H42N3O2P3/c1-51(2)40-22-10-16-34(28-40)31-13-7-19-37(25-31)43-46-44(38-20-8-14-32(26-38)35-17-11-23-41(29-35)52(3,4)49)48-45(47-43)39-21-9-15-33(27-39)36-18-12-24-42(30-36)53(5,6)50/h7-30H,1-6H3. The van der Waals surface area contributed by atoms with Crippen LogP contribution in [0.4, 0.5) is 0 Å². The molecule has 0 fully saturated rings. The first-order valence-electron chi connectivity index (χ1n) is 17.5. The van der Waals surface area contributed by atoms with Gasteiger partial charge in [-0.05, 0) is 115 Å². The maximum Gasteiger partial charge on any atom is 0.164 e. The van der Waals surface area contributed by atoms with Crippen molar-refractivity contribution in [3.8, 4) is 67.5 Å². The maximum atomic E-state index is 12.9. The molecule has 1 aromatic heterocycles. The molecule has 7 rings (SSSR count). The summed E-state index contributed by atoms with van der Waals surface area (Å²) < 4.78 is 25.9. The highest BCUT2D eigenvalue weighted by Gasteiger charge is 2.17. The quantitative estimate of drug-likeness (QED) is 0.137. The van der Waals surface area contributed by atoms with Crippen molar-refractivity contribution < 1.29 is 9.13 Å². The molecule has 0 unspecified atom stereocenters. The van der Waals surface area contributed by atoms with E-state index in [1.807, 2.05) is 78.9 Å². The van der Waals surface area contributed by atoms with Crippen molar-refractivity contribution in [2.24, 2.45) is 0 Å². The molecule has 0 bridgehead atoms. The normalized spacial score (nSPS) is 11.9. The van der Waals surface area contributed by atoms with Gasteiger partial charge >= 0.3 is 0 Å². The molecule has 0 saturated heterocycles. The zero-order chi connectivity index (χ0) is 37.3. The van der Waals surface area contributed by atoms with E-state index in [9.17, 15) is 9.13 Å². The van der Waals surface area contributed by atoms with E-state index >= 15 is 0 Å². The Morgan fingerprint density at radius 2 is 0.660 bits per heavy atom. The SMILES string of the molecule is CP(C)c1cccc(-c2cccc(-c3nc(-c4cccc(-c5cccc(P(C)(C)=O)c5)c4)nc(-c4cccc(-c5cccc(P(C)(C)=O)c5)c4)n3)c2)c1. The van der Waals surface area contributed by atoms with Gasteiger partial charge in [0.1, 0.15) is 14.3 Å². The summed E-state index contributed by atoms with van der Waals surface area (Å²) in [6, 6.07) is 49.4. The maximum absolute atomic E-state index is 12.9. The third-order valence-electron chi connectivity index (χ3n) is 9.30. The first-order chi connectivity index (χ1) is 25.3. The zero-order valence-electron chi connectivity index (χ0n) is 30.9. The molecular formula is C45H42N3O2P3. The summed E-state index contributed by atoms with van der Waals surface area (Å²) in [7, 11) is -5.10. The van der Waals surface area contributed by atoms with Gasteiger partial charge in [-0.3, -0.25) is 0 Å². The van der Waals surface area contributed by atoms with Gasteiger partial charge in [-0.15, -0.1) is 0 Å². The van der Waals surface area contributed by atoms with Gasteiger partial charge in [0.25, 0.3) is 0 Å². The average Bonchev–Trinajstić information content (AvgIpc) is 3.17. The van der Waals surface area contributed by atoms with E-state index in [1.54, 1.807) is 26.7 Å². The molecule has 0 spiro atoms. The lowest BCUT2D eigenvalue weighted by molar-refractivity contribution is 0.587. The van der Waals surface area contributed by atoms with Gasteiger partial charge in [0, 0.05) is 27.3 Å². The van der Waals surface area contributed by atoms with E-state index in [-0.39, 0.29) is 7.92 Å². The second kappa shape index (κ2) is 14.9. The van der Waals surface area contributed by atoms with Crippen LogP contribution in [0.1, 0.15) is 0 Å². The average molecular weight is 750 g/mol. The van der Waals surface area contributed by atoms with Gasteiger partial charge < -0.3 is 9.13 Å². The monoisotopic (exact) mass is 749 g/mol. The fourth-order valence-corrected chi connectivity index (χ4v) is 8.85. The summed E-state index contributed by atoms with van der Waals surface area (Å²) >= 11 is 0. The molecule has 8 heteroatoms. The van der Waals surface area contributed by atoms with Crippen LogP contribution in [0, 0.1) is 0 Å². The lowest BCUT2D eigenvalue weighted by atomic mass is 10.0. The second-order valence-corrected chi connectivity index (χ2v) is 23.0. The predicted molar refractivity (Wildman–Crippen MR) is 229 cm³/mol. The van der Waals surface area contributed by atoms with Crippen molar-refractivity contribution in [3.05, 3.63) is 146 Å². The number of hydrogen-bond donors (Lipinski definition) is 0. The summed E-state index contributed by atoms with van der Waals surface area (Å²) in [5, 5.41) is 3.04. The summed E-state index contributed by atoms with van der Waals surface area (Å²) in [4.78, 5) is 15.3. The third-order valence-corrected chi connectivity index (χ3v) is 13.7. The second-order valence-electron chi connectivity index (χ2n) is 14.3. The van der Waals surface area contributed by atoms with E-state index in [0.717, 1.165) is 60.7 Å². The minimum atomic E-state index is -2.43. The van der Waals surface area contributed by atoms with E-state index < -0.39 is 14.3 Å². The molecule has 0 aliphatic carbocycles. The van der Waals surface area contributed by atoms with Crippen LogP contribution in [0.25, 0.3) is 67.5 Å². The van der Waals surface area contributed by atoms with Crippen molar-refractivity contribution in [1.29, 1.82) is 0 Å². The molecule has 0 aliphatic heterocycles.